The van der Waals surface area contributed by atoms with E-state index in [0.717, 1.165) is 0 Å². The molecule has 92 valence electrons. The highest BCUT2D eigenvalue weighted by atomic mass is 32.2. The van der Waals surface area contributed by atoms with Crippen LogP contribution in [0.1, 0.15) is 11.1 Å². The number of benzene rings is 1. The molecule has 4 nitrogen and oxygen atoms in total. The van der Waals surface area contributed by atoms with Crippen molar-refractivity contribution in [1.29, 1.82) is 5.26 Å². The minimum Gasteiger partial charge on any atom is -0.269 e. The van der Waals surface area contributed by atoms with Crippen molar-refractivity contribution in [2.75, 3.05) is 4.72 Å². The fraction of sp³-hybridized carbons (Fsp3) is 0.0833. The molecular weight excluding hydrogens is 268 g/mol. The van der Waals surface area contributed by atoms with E-state index in [9.17, 15) is 8.42 Å². The zero-order valence-electron chi connectivity index (χ0n) is 9.54. The van der Waals surface area contributed by atoms with Gasteiger partial charge in [0.2, 0.25) is 0 Å². The summed E-state index contributed by atoms with van der Waals surface area (Å²) in [5.74, 6) is 0. The summed E-state index contributed by atoms with van der Waals surface area (Å²) in [6, 6.07) is 10.2. The van der Waals surface area contributed by atoms with Crippen LogP contribution in [0, 0.1) is 18.3 Å². The zero-order chi connectivity index (χ0) is 13.2. The molecule has 18 heavy (non-hydrogen) atoms. The van der Waals surface area contributed by atoms with Gasteiger partial charge in [0.25, 0.3) is 10.0 Å². The van der Waals surface area contributed by atoms with E-state index < -0.39 is 10.0 Å². The topological polar surface area (TPSA) is 70.0 Å². The summed E-state index contributed by atoms with van der Waals surface area (Å²) in [4.78, 5) is 0.224. The van der Waals surface area contributed by atoms with Crippen LogP contribution in [0.4, 0.5) is 5.00 Å². The molecule has 1 N–H and O–H groups in total. The number of nitrogens with one attached hydrogen (secondary N) is 1. The minimum atomic E-state index is -3.64. The van der Waals surface area contributed by atoms with Gasteiger partial charge in [-0.05, 0) is 30.0 Å². The molecular formula is C12H10N2O2S2. The van der Waals surface area contributed by atoms with Crippen LogP contribution >= 0.6 is 11.3 Å². The van der Waals surface area contributed by atoms with Gasteiger partial charge in [-0.2, -0.15) is 5.26 Å². The van der Waals surface area contributed by atoms with Crippen LogP contribution in [0.25, 0.3) is 0 Å². The molecule has 1 aromatic heterocycles. The summed E-state index contributed by atoms with van der Waals surface area (Å²) in [5.41, 5.74) is 0.997. The van der Waals surface area contributed by atoms with Crippen molar-refractivity contribution in [3.8, 4) is 6.07 Å². The van der Waals surface area contributed by atoms with Gasteiger partial charge < -0.3 is 0 Å². The summed E-state index contributed by atoms with van der Waals surface area (Å²) in [6.07, 6.45) is 0. The Morgan fingerprint density at radius 1 is 1.28 bits per heavy atom. The lowest BCUT2D eigenvalue weighted by atomic mass is 10.2. The smallest absolute Gasteiger partial charge is 0.262 e. The van der Waals surface area contributed by atoms with Crippen molar-refractivity contribution in [2.24, 2.45) is 0 Å². The molecule has 0 unspecified atom stereocenters. The molecule has 0 saturated carbocycles. The van der Waals surface area contributed by atoms with Crippen molar-refractivity contribution in [2.45, 2.75) is 11.8 Å². The zero-order valence-corrected chi connectivity index (χ0v) is 11.2. The quantitative estimate of drug-likeness (QED) is 0.938. The van der Waals surface area contributed by atoms with Gasteiger partial charge in [-0.1, -0.05) is 18.2 Å². The van der Waals surface area contributed by atoms with Gasteiger partial charge in [-0.15, -0.1) is 11.3 Å². The molecule has 0 amide bonds. The van der Waals surface area contributed by atoms with Gasteiger partial charge in [-0.25, -0.2) is 8.42 Å². The number of rotatable bonds is 3. The second-order valence-electron chi connectivity index (χ2n) is 3.65. The largest absolute Gasteiger partial charge is 0.269 e. The van der Waals surface area contributed by atoms with Gasteiger partial charge in [0, 0.05) is 0 Å². The van der Waals surface area contributed by atoms with Crippen molar-refractivity contribution in [3.63, 3.8) is 0 Å². The Kier molecular flexibility index (Phi) is 3.36. The number of thiophene rings is 1. The fourth-order valence-electron chi connectivity index (χ4n) is 1.51. The SMILES string of the molecule is Cc1ccccc1S(=O)(=O)Nc1sccc1C#N. The van der Waals surface area contributed by atoms with Crippen LogP contribution in [0.3, 0.4) is 0 Å². The van der Waals surface area contributed by atoms with E-state index in [1.165, 1.54) is 17.4 Å². The molecule has 1 heterocycles. The first kappa shape index (κ1) is 12.6. The first-order chi connectivity index (χ1) is 8.54. The van der Waals surface area contributed by atoms with E-state index in [4.69, 9.17) is 5.26 Å². The molecule has 0 spiro atoms. The molecule has 0 aliphatic rings. The predicted octanol–water partition coefficient (Wildman–Crippen LogP) is 2.73. The molecule has 0 aliphatic carbocycles. The molecule has 0 saturated heterocycles. The van der Waals surface area contributed by atoms with Crippen molar-refractivity contribution < 1.29 is 8.42 Å². The third kappa shape index (κ3) is 2.37. The number of nitriles is 1. The lowest BCUT2D eigenvalue weighted by Crippen LogP contribution is -2.13. The number of aryl methyl sites for hydroxylation is 1. The first-order valence-electron chi connectivity index (χ1n) is 5.10. The number of anilines is 1. The molecule has 2 aromatic rings. The van der Waals surface area contributed by atoms with E-state index >= 15 is 0 Å². The Morgan fingerprint density at radius 2 is 2.00 bits per heavy atom. The minimum absolute atomic E-state index is 0.224. The Labute approximate surface area is 110 Å². The summed E-state index contributed by atoms with van der Waals surface area (Å²) >= 11 is 1.19. The van der Waals surface area contributed by atoms with Crippen LogP contribution in [-0.2, 0) is 10.0 Å². The van der Waals surface area contributed by atoms with Crippen LogP contribution in [0.15, 0.2) is 40.6 Å². The number of nitrogens with zero attached hydrogens (tertiary/aromatic N) is 1. The lowest BCUT2D eigenvalue weighted by molar-refractivity contribution is 0.600. The van der Waals surface area contributed by atoms with Gasteiger partial charge in [0.05, 0.1) is 10.5 Å². The highest BCUT2D eigenvalue weighted by Crippen LogP contribution is 2.26. The molecule has 1 aromatic carbocycles. The lowest BCUT2D eigenvalue weighted by Gasteiger charge is -2.08. The summed E-state index contributed by atoms with van der Waals surface area (Å²) in [6.45, 7) is 1.73. The average Bonchev–Trinajstić information content (AvgIpc) is 2.76. The van der Waals surface area contributed by atoms with E-state index in [0.29, 0.717) is 16.1 Å². The second kappa shape index (κ2) is 4.80. The van der Waals surface area contributed by atoms with Crippen molar-refractivity contribution in [1.82, 2.24) is 0 Å². The van der Waals surface area contributed by atoms with Crippen LogP contribution < -0.4 is 4.72 Å². The van der Waals surface area contributed by atoms with Gasteiger partial charge >= 0.3 is 0 Å². The molecule has 0 radical (unpaired) electrons. The molecule has 0 fully saturated rings. The molecule has 6 heteroatoms. The Hall–Kier alpha value is -1.84. The number of hydrogen-bond acceptors (Lipinski definition) is 4. The Balaban J connectivity index is 2.41. The highest BCUT2D eigenvalue weighted by Gasteiger charge is 2.18. The second-order valence-corrected chi connectivity index (χ2v) is 6.21. The first-order valence-corrected chi connectivity index (χ1v) is 7.47. The monoisotopic (exact) mass is 278 g/mol. The number of sulfonamides is 1. The predicted molar refractivity (Wildman–Crippen MR) is 71.0 cm³/mol. The summed E-state index contributed by atoms with van der Waals surface area (Å²) in [7, 11) is -3.64. The van der Waals surface area contributed by atoms with Gasteiger partial charge in [0.15, 0.2) is 0 Å². The van der Waals surface area contributed by atoms with E-state index in [-0.39, 0.29) is 4.90 Å². The third-order valence-corrected chi connectivity index (χ3v) is 4.86. The Bertz CT molecular complexity index is 712. The average molecular weight is 278 g/mol. The maximum absolute atomic E-state index is 12.2. The normalized spacial score (nSPS) is 10.9. The van der Waals surface area contributed by atoms with E-state index in [1.54, 1.807) is 36.6 Å². The molecule has 0 atom stereocenters. The molecule has 0 bridgehead atoms. The van der Waals surface area contributed by atoms with Crippen molar-refractivity contribution >= 4 is 26.4 Å². The van der Waals surface area contributed by atoms with Crippen LogP contribution in [-0.4, -0.2) is 8.42 Å². The summed E-state index contributed by atoms with van der Waals surface area (Å²) in [5, 5.41) is 10.9. The van der Waals surface area contributed by atoms with Gasteiger partial charge in [0.1, 0.15) is 11.1 Å². The third-order valence-electron chi connectivity index (χ3n) is 2.40. The number of hydrogen-bond donors (Lipinski definition) is 1. The summed E-state index contributed by atoms with van der Waals surface area (Å²) < 4.78 is 26.8. The maximum Gasteiger partial charge on any atom is 0.262 e. The van der Waals surface area contributed by atoms with E-state index in [1.807, 2.05) is 6.07 Å². The maximum atomic E-state index is 12.2. The standard InChI is InChI=1S/C12H10N2O2S2/c1-9-4-2-3-5-11(9)18(15,16)14-12-10(8-13)6-7-17-12/h2-7,14H,1H3. The molecule has 0 aliphatic heterocycles. The van der Waals surface area contributed by atoms with Crippen molar-refractivity contribution in [3.05, 3.63) is 46.8 Å². The van der Waals surface area contributed by atoms with Crippen LogP contribution in [0.5, 0.6) is 0 Å². The highest BCUT2D eigenvalue weighted by molar-refractivity contribution is 7.93. The Morgan fingerprint density at radius 3 is 2.67 bits per heavy atom. The fourth-order valence-corrected chi connectivity index (χ4v) is 3.83. The molecule has 2 rings (SSSR count). The van der Waals surface area contributed by atoms with E-state index in [2.05, 4.69) is 4.72 Å². The van der Waals surface area contributed by atoms with Crippen LogP contribution in [0.2, 0.25) is 0 Å². The van der Waals surface area contributed by atoms with Gasteiger partial charge in [-0.3, -0.25) is 4.72 Å².